The molecule has 2 aromatic rings. The van der Waals surface area contributed by atoms with Crippen LogP contribution < -0.4 is 5.32 Å². The molecule has 2 heterocycles. The fraction of sp³-hybridized carbons (Fsp3) is 0.467. The van der Waals surface area contributed by atoms with Gasteiger partial charge in [-0.1, -0.05) is 18.1 Å². The third-order valence-corrected chi connectivity index (χ3v) is 4.50. The molecule has 0 radical (unpaired) electrons. The summed E-state index contributed by atoms with van der Waals surface area (Å²) in [6.45, 7) is 6.31. The maximum atomic E-state index is 12.3. The van der Waals surface area contributed by atoms with Gasteiger partial charge in [0.2, 0.25) is 0 Å². The van der Waals surface area contributed by atoms with E-state index in [4.69, 9.17) is 4.52 Å². The molecule has 0 aromatic carbocycles. The summed E-state index contributed by atoms with van der Waals surface area (Å²) in [6.07, 6.45) is 0.866. The Morgan fingerprint density at radius 2 is 2.29 bits per heavy atom. The first-order valence-corrected chi connectivity index (χ1v) is 7.87. The van der Waals surface area contributed by atoms with Crippen LogP contribution in [0.1, 0.15) is 41.3 Å². The van der Waals surface area contributed by atoms with Gasteiger partial charge in [-0.2, -0.15) is 0 Å². The monoisotopic (exact) mass is 307 g/mol. The number of carbonyl (C=O) groups excluding carboxylic acids is 1. The van der Waals surface area contributed by atoms with Crippen molar-refractivity contribution in [3.8, 4) is 0 Å². The number of carbonyl (C=O) groups is 1. The molecule has 0 spiro atoms. The van der Waals surface area contributed by atoms with Gasteiger partial charge in [-0.3, -0.25) is 0 Å². The summed E-state index contributed by atoms with van der Waals surface area (Å²) in [5, 5.41) is 9.01. The second kappa shape index (κ2) is 6.76. The molecular formula is C15H21N3O2S. The number of aryl methyl sites for hydroxylation is 2. The molecule has 0 aliphatic carbocycles. The van der Waals surface area contributed by atoms with Crippen molar-refractivity contribution >= 4 is 17.4 Å². The molecule has 0 fully saturated rings. The first-order chi connectivity index (χ1) is 10.0. The van der Waals surface area contributed by atoms with Crippen LogP contribution in [0.15, 0.2) is 22.0 Å². The van der Waals surface area contributed by atoms with Crippen LogP contribution in [0.2, 0.25) is 0 Å². The minimum atomic E-state index is -0.0877. The van der Waals surface area contributed by atoms with Crippen LogP contribution in [-0.4, -0.2) is 23.1 Å². The summed E-state index contributed by atoms with van der Waals surface area (Å²) < 4.78 is 5.13. The number of nitrogens with one attached hydrogen (secondary N) is 1. The van der Waals surface area contributed by atoms with E-state index >= 15 is 0 Å². The zero-order valence-corrected chi connectivity index (χ0v) is 13.7. The van der Waals surface area contributed by atoms with Gasteiger partial charge in [-0.05, 0) is 31.7 Å². The summed E-state index contributed by atoms with van der Waals surface area (Å²) in [5.74, 6) is 0.762. The van der Waals surface area contributed by atoms with Gasteiger partial charge in [-0.15, -0.1) is 11.3 Å². The Balaban J connectivity index is 1.99. The van der Waals surface area contributed by atoms with Gasteiger partial charge in [0.1, 0.15) is 5.76 Å². The number of hydrogen-bond acceptors (Lipinski definition) is 4. The van der Waals surface area contributed by atoms with Crippen LogP contribution >= 0.6 is 11.3 Å². The van der Waals surface area contributed by atoms with Crippen molar-refractivity contribution in [2.45, 2.75) is 39.8 Å². The molecular weight excluding hydrogens is 286 g/mol. The van der Waals surface area contributed by atoms with E-state index in [-0.39, 0.29) is 12.1 Å². The molecule has 2 aromatic heterocycles. The molecule has 114 valence electrons. The highest BCUT2D eigenvalue weighted by Crippen LogP contribution is 2.22. The molecule has 0 aliphatic heterocycles. The van der Waals surface area contributed by atoms with Crippen LogP contribution in [0.5, 0.6) is 0 Å². The van der Waals surface area contributed by atoms with E-state index in [2.05, 4.69) is 17.4 Å². The number of hydrogen-bond donors (Lipinski definition) is 1. The van der Waals surface area contributed by atoms with Crippen LogP contribution in [0.3, 0.4) is 0 Å². The van der Waals surface area contributed by atoms with Gasteiger partial charge in [0.15, 0.2) is 0 Å². The fourth-order valence-corrected chi connectivity index (χ4v) is 3.02. The predicted molar refractivity (Wildman–Crippen MR) is 83.3 cm³/mol. The molecule has 21 heavy (non-hydrogen) atoms. The lowest BCUT2D eigenvalue weighted by Crippen LogP contribution is -2.38. The minimum absolute atomic E-state index is 0.0598. The minimum Gasteiger partial charge on any atom is -0.361 e. The molecule has 5 nitrogen and oxygen atoms in total. The molecule has 0 aliphatic rings. The summed E-state index contributed by atoms with van der Waals surface area (Å²) in [7, 11) is 1.78. The van der Waals surface area contributed by atoms with E-state index in [0.29, 0.717) is 6.54 Å². The first-order valence-electron chi connectivity index (χ1n) is 6.99. The first kappa shape index (κ1) is 15.6. The second-order valence-electron chi connectivity index (χ2n) is 5.08. The van der Waals surface area contributed by atoms with E-state index in [9.17, 15) is 4.79 Å². The van der Waals surface area contributed by atoms with Crippen molar-refractivity contribution in [2.75, 3.05) is 7.05 Å². The molecule has 0 saturated carbocycles. The summed E-state index contributed by atoms with van der Waals surface area (Å²) in [5.41, 5.74) is 1.80. The average Bonchev–Trinajstić information content (AvgIpc) is 3.09. The number of aromatic nitrogens is 1. The molecule has 0 bridgehead atoms. The smallest absolute Gasteiger partial charge is 0.317 e. The van der Waals surface area contributed by atoms with Crippen LogP contribution in [0, 0.1) is 13.8 Å². The lowest BCUT2D eigenvalue weighted by atomic mass is 10.2. The second-order valence-corrected chi connectivity index (χ2v) is 6.06. The lowest BCUT2D eigenvalue weighted by Gasteiger charge is -2.22. The van der Waals surface area contributed by atoms with Gasteiger partial charge in [-0.25, -0.2) is 4.79 Å². The topological polar surface area (TPSA) is 58.4 Å². The Labute approximate surface area is 128 Å². The highest BCUT2D eigenvalue weighted by atomic mass is 32.1. The van der Waals surface area contributed by atoms with Gasteiger partial charge in [0.25, 0.3) is 0 Å². The molecule has 2 amide bonds. The largest absolute Gasteiger partial charge is 0.361 e. The molecule has 2 rings (SSSR count). The lowest BCUT2D eigenvalue weighted by molar-refractivity contribution is 0.202. The van der Waals surface area contributed by atoms with E-state index in [0.717, 1.165) is 23.4 Å². The SMILES string of the molecule is CCC(NC(=O)N(C)Cc1c(C)noc1C)c1cccs1. The van der Waals surface area contributed by atoms with Gasteiger partial charge in [0, 0.05) is 17.5 Å². The Morgan fingerprint density at radius 1 is 1.52 bits per heavy atom. The number of thiophene rings is 1. The standard InChI is InChI=1S/C15H21N3O2S/c1-5-13(14-7-6-8-21-14)16-15(19)18(4)9-12-10(2)17-20-11(12)3/h6-8,13H,5,9H2,1-4H3,(H,16,19). The van der Waals surface area contributed by atoms with E-state index in [1.54, 1.807) is 23.3 Å². The zero-order valence-electron chi connectivity index (χ0n) is 12.8. The Bertz CT molecular complexity index is 573. The molecule has 1 unspecified atom stereocenters. The maximum Gasteiger partial charge on any atom is 0.317 e. The van der Waals surface area contributed by atoms with E-state index < -0.39 is 0 Å². The van der Waals surface area contributed by atoms with Crippen molar-refractivity contribution in [1.29, 1.82) is 0 Å². The predicted octanol–water partition coefficient (Wildman–Crippen LogP) is 3.65. The van der Waals surface area contributed by atoms with Gasteiger partial charge < -0.3 is 14.7 Å². The number of rotatable bonds is 5. The molecule has 1 atom stereocenters. The van der Waals surface area contributed by atoms with Crippen molar-refractivity contribution < 1.29 is 9.32 Å². The van der Waals surface area contributed by atoms with Crippen LogP contribution in [0.25, 0.3) is 0 Å². The maximum absolute atomic E-state index is 12.3. The average molecular weight is 307 g/mol. The van der Waals surface area contributed by atoms with Crippen LogP contribution in [0.4, 0.5) is 4.79 Å². The summed E-state index contributed by atoms with van der Waals surface area (Å²) in [6, 6.07) is 4.02. The number of urea groups is 1. The number of nitrogens with zero attached hydrogens (tertiary/aromatic N) is 2. The van der Waals surface area contributed by atoms with Crippen molar-refractivity contribution in [2.24, 2.45) is 0 Å². The molecule has 0 saturated heterocycles. The van der Waals surface area contributed by atoms with Crippen LogP contribution in [-0.2, 0) is 6.54 Å². The summed E-state index contributed by atoms with van der Waals surface area (Å²) in [4.78, 5) is 15.2. The Hall–Kier alpha value is -1.82. The Kier molecular flexibility index (Phi) is 5.01. The number of amides is 2. The van der Waals surface area contributed by atoms with Crippen molar-refractivity contribution in [1.82, 2.24) is 15.4 Å². The molecule has 1 N–H and O–H groups in total. The normalized spacial score (nSPS) is 12.2. The van der Waals surface area contributed by atoms with E-state index in [1.807, 2.05) is 31.4 Å². The van der Waals surface area contributed by atoms with Crippen molar-refractivity contribution in [3.05, 3.63) is 39.4 Å². The zero-order chi connectivity index (χ0) is 15.4. The van der Waals surface area contributed by atoms with Crippen molar-refractivity contribution in [3.63, 3.8) is 0 Å². The third-order valence-electron chi connectivity index (χ3n) is 3.52. The highest BCUT2D eigenvalue weighted by molar-refractivity contribution is 7.10. The van der Waals surface area contributed by atoms with Gasteiger partial charge >= 0.3 is 6.03 Å². The third kappa shape index (κ3) is 3.64. The Morgan fingerprint density at radius 3 is 2.81 bits per heavy atom. The quantitative estimate of drug-likeness (QED) is 0.917. The van der Waals surface area contributed by atoms with Gasteiger partial charge in [0.05, 0.1) is 18.3 Å². The summed E-state index contributed by atoms with van der Waals surface area (Å²) >= 11 is 1.66. The highest BCUT2D eigenvalue weighted by Gasteiger charge is 2.19. The molecule has 6 heteroatoms. The fourth-order valence-electron chi connectivity index (χ4n) is 2.16. The van der Waals surface area contributed by atoms with E-state index in [1.165, 1.54) is 4.88 Å².